The summed E-state index contributed by atoms with van der Waals surface area (Å²) in [7, 11) is 3.17. The molecule has 0 fully saturated rings. The molecule has 0 unspecified atom stereocenters. The molecule has 0 radical (unpaired) electrons. The molecule has 7 nitrogen and oxygen atoms in total. The zero-order chi connectivity index (χ0) is 14.7. The number of nitrogens with two attached hydrogens (primary N) is 1. The number of aromatic nitrogens is 2. The molecule has 106 valence electrons. The average molecular weight is 276 g/mol. The van der Waals surface area contributed by atoms with Gasteiger partial charge >= 0.3 is 0 Å². The number of phenols is 1. The molecule has 1 aromatic heterocycles. The maximum atomic E-state index is 12.0. The normalized spacial score (nSPS) is 10.3. The van der Waals surface area contributed by atoms with E-state index in [4.69, 9.17) is 10.5 Å². The number of nitrogens with one attached hydrogen (secondary N) is 1. The number of aromatic hydroxyl groups is 1. The summed E-state index contributed by atoms with van der Waals surface area (Å²) in [6, 6.07) is 4.45. The van der Waals surface area contributed by atoms with Crippen LogP contribution in [0.25, 0.3) is 0 Å². The van der Waals surface area contributed by atoms with Gasteiger partial charge in [0.25, 0.3) is 5.91 Å². The summed E-state index contributed by atoms with van der Waals surface area (Å²) >= 11 is 0. The fraction of sp³-hybridized carbons (Fsp3) is 0.231. The third kappa shape index (κ3) is 2.66. The molecular formula is C13H16N4O3. The van der Waals surface area contributed by atoms with Gasteiger partial charge in [-0.1, -0.05) is 0 Å². The summed E-state index contributed by atoms with van der Waals surface area (Å²) in [4.78, 5) is 12.0. The minimum absolute atomic E-state index is 0.0824. The lowest BCUT2D eigenvalue weighted by atomic mass is 10.2. The highest BCUT2D eigenvalue weighted by molar-refractivity contribution is 5.94. The van der Waals surface area contributed by atoms with Gasteiger partial charge in [-0.15, -0.1) is 0 Å². The molecular weight excluding hydrogens is 260 g/mol. The fourth-order valence-electron chi connectivity index (χ4n) is 1.74. The van der Waals surface area contributed by atoms with E-state index in [2.05, 4.69) is 10.4 Å². The molecule has 1 heterocycles. The van der Waals surface area contributed by atoms with Crippen molar-refractivity contribution < 1.29 is 14.6 Å². The van der Waals surface area contributed by atoms with Crippen molar-refractivity contribution in [3.05, 3.63) is 35.5 Å². The Bertz CT molecular complexity index is 637. The molecule has 0 spiro atoms. The van der Waals surface area contributed by atoms with E-state index in [-0.39, 0.29) is 18.2 Å². The highest BCUT2D eigenvalue weighted by Crippen LogP contribution is 2.26. The summed E-state index contributed by atoms with van der Waals surface area (Å²) < 4.78 is 6.45. The van der Waals surface area contributed by atoms with Gasteiger partial charge in [0, 0.05) is 24.7 Å². The standard InChI is InChI=1S/C13H16N4O3/c1-17-12(14)9(7-16-17)6-15-13(19)8-3-4-11(20-2)10(18)5-8/h3-5,7,18H,6,14H2,1-2H3,(H,15,19). The second-order valence-corrected chi connectivity index (χ2v) is 4.25. The Morgan fingerprint density at radius 2 is 2.30 bits per heavy atom. The smallest absolute Gasteiger partial charge is 0.251 e. The minimum Gasteiger partial charge on any atom is -0.504 e. The van der Waals surface area contributed by atoms with Gasteiger partial charge in [-0.3, -0.25) is 9.48 Å². The van der Waals surface area contributed by atoms with Crippen LogP contribution >= 0.6 is 0 Å². The van der Waals surface area contributed by atoms with Crippen molar-refractivity contribution in [3.8, 4) is 11.5 Å². The molecule has 2 rings (SSSR count). The molecule has 0 saturated carbocycles. The monoisotopic (exact) mass is 276 g/mol. The van der Waals surface area contributed by atoms with E-state index < -0.39 is 0 Å². The van der Waals surface area contributed by atoms with E-state index in [1.807, 2.05) is 0 Å². The molecule has 7 heteroatoms. The Morgan fingerprint density at radius 1 is 1.55 bits per heavy atom. The molecule has 2 aromatic rings. The highest BCUT2D eigenvalue weighted by Gasteiger charge is 2.11. The van der Waals surface area contributed by atoms with Crippen LogP contribution in [0, 0.1) is 0 Å². The Hall–Kier alpha value is -2.70. The van der Waals surface area contributed by atoms with Crippen LogP contribution in [0.15, 0.2) is 24.4 Å². The summed E-state index contributed by atoms with van der Waals surface area (Å²) in [6.07, 6.45) is 1.60. The van der Waals surface area contributed by atoms with Gasteiger partial charge in [0.1, 0.15) is 5.82 Å². The number of benzene rings is 1. The van der Waals surface area contributed by atoms with Gasteiger partial charge in [0.15, 0.2) is 11.5 Å². The van der Waals surface area contributed by atoms with E-state index in [1.54, 1.807) is 19.3 Å². The summed E-state index contributed by atoms with van der Waals surface area (Å²) in [5, 5.41) is 16.3. The van der Waals surface area contributed by atoms with Crippen molar-refractivity contribution in [3.63, 3.8) is 0 Å². The van der Waals surface area contributed by atoms with Crippen molar-refractivity contribution in [1.29, 1.82) is 0 Å². The summed E-state index contributed by atoms with van der Waals surface area (Å²) in [5.41, 5.74) is 6.86. The number of aryl methyl sites for hydroxylation is 1. The van der Waals surface area contributed by atoms with E-state index in [1.165, 1.54) is 23.9 Å². The quantitative estimate of drug-likeness (QED) is 0.760. The first-order valence-corrected chi connectivity index (χ1v) is 5.94. The Labute approximate surface area is 116 Å². The second kappa shape index (κ2) is 5.52. The number of methoxy groups -OCH3 is 1. The molecule has 0 saturated heterocycles. The number of phenolic OH excluding ortho intramolecular Hbond substituents is 1. The van der Waals surface area contributed by atoms with Crippen LogP contribution in [0.4, 0.5) is 5.82 Å². The van der Waals surface area contributed by atoms with Crippen LogP contribution < -0.4 is 15.8 Å². The first-order chi connectivity index (χ1) is 9.52. The molecule has 4 N–H and O–H groups in total. The van der Waals surface area contributed by atoms with Crippen molar-refractivity contribution in [2.45, 2.75) is 6.54 Å². The van der Waals surface area contributed by atoms with Gasteiger partial charge in [-0.05, 0) is 18.2 Å². The number of carbonyl (C=O) groups excluding carboxylic acids is 1. The van der Waals surface area contributed by atoms with Gasteiger partial charge in [0.05, 0.1) is 13.3 Å². The Morgan fingerprint density at radius 3 is 2.85 bits per heavy atom. The predicted octanol–water partition coefficient (Wildman–Crippen LogP) is 0.646. The SMILES string of the molecule is COc1ccc(C(=O)NCc2cnn(C)c2N)cc1O. The highest BCUT2D eigenvalue weighted by atomic mass is 16.5. The molecule has 0 aliphatic carbocycles. The number of nitrogen functional groups attached to an aromatic ring is 1. The lowest BCUT2D eigenvalue weighted by molar-refractivity contribution is 0.0950. The van der Waals surface area contributed by atoms with Crippen LogP contribution in [0.1, 0.15) is 15.9 Å². The van der Waals surface area contributed by atoms with Crippen molar-refractivity contribution in [2.24, 2.45) is 7.05 Å². The topological polar surface area (TPSA) is 102 Å². The van der Waals surface area contributed by atoms with Crippen LogP contribution in [-0.2, 0) is 13.6 Å². The number of rotatable bonds is 4. The van der Waals surface area contributed by atoms with Gasteiger partial charge in [-0.2, -0.15) is 5.10 Å². The predicted molar refractivity (Wildman–Crippen MR) is 73.4 cm³/mol. The van der Waals surface area contributed by atoms with Gasteiger partial charge in [-0.25, -0.2) is 0 Å². The van der Waals surface area contributed by atoms with Crippen molar-refractivity contribution >= 4 is 11.7 Å². The number of hydrogen-bond acceptors (Lipinski definition) is 5. The molecule has 0 aliphatic rings. The maximum absolute atomic E-state index is 12.0. The van der Waals surface area contributed by atoms with Gasteiger partial charge in [0.2, 0.25) is 0 Å². The maximum Gasteiger partial charge on any atom is 0.251 e. The largest absolute Gasteiger partial charge is 0.504 e. The molecule has 0 bridgehead atoms. The first kappa shape index (κ1) is 13.7. The lowest BCUT2D eigenvalue weighted by Crippen LogP contribution is -2.23. The van der Waals surface area contributed by atoms with Crippen LogP contribution in [0.2, 0.25) is 0 Å². The van der Waals surface area contributed by atoms with Crippen LogP contribution in [0.5, 0.6) is 11.5 Å². The summed E-state index contributed by atoms with van der Waals surface area (Å²) in [5.74, 6) is 0.424. The third-order valence-electron chi connectivity index (χ3n) is 2.94. The second-order valence-electron chi connectivity index (χ2n) is 4.25. The number of anilines is 1. The lowest BCUT2D eigenvalue weighted by Gasteiger charge is -2.07. The fourth-order valence-corrected chi connectivity index (χ4v) is 1.74. The number of carbonyl (C=O) groups is 1. The minimum atomic E-state index is -0.314. The zero-order valence-corrected chi connectivity index (χ0v) is 11.3. The molecule has 1 aromatic carbocycles. The number of amides is 1. The molecule has 0 atom stereocenters. The van der Waals surface area contributed by atoms with Crippen molar-refractivity contribution in [2.75, 3.05) is 12.8 Å². The Kier molecular flexibility index (Phi) is 3.79. The molecule has 20 heavy (non-hydrogen) atoms. The van der Waals surface area contributed by atoms with E-state index in [0.29, 0.717) is 17.1 Å². The molecule has 0 aliphatic heterocycles. The Balaban J connectivity index is 2.05. The number of ether oxygens (including phenoxy) is 1. The zero-order valence-electron chi connectivity index (χ0n) is 11.3. The average Bonchev–Trinajstić information content (AvgIpc) is 2.76. The van der Waals surface area contributed by atoms with E-state index in [0.717, 1.165) is 5.56 Å². The first-order valence-electron chi connectivity index (χ1n) is 5.94. The number of nitrogens with zero attached hydrogens (tertiary/aromatic N) is 2. The third-order valence-corrected chi connectivity index (χ3v) is 2.94. The van der Waals surface area contributed by atoms with Crippen LogP contribution in [-0.4, -0.2) is 27.9 Å². The van der Waals surface area contributed by atoms with E-state index in [9.17, 15) is 9.90 Å². The van der Waals surface area contributed by atoms with Crippen LogP contribution in [0.3, 0.4) is 0 Å². The van der Waals surface area contributed by atoms with Crippen molar-refractivity contribution in [1.82, 2.24) is 15.1 Å². The molecule has 1 amide bonds. The van der Waals surface area contributed by atoms with Gasteiger partial charge < -0.3 is 20.9 Å². The number of hydrogen-bond donors (Lipinski definition) is 3. The van der Waals surface area contributed by atoms with E-state index >= 15 is 0 Å². The summed E-state index contributed by atoms with van der Waals surface area (Å²) in [6.45, 7) is 0.269.